The molecule has 1 aromatic carbocycles. The number of rotatable bonds is 10. The maximum Gasteiger partial charge on any atom is 0.411 e. The van der Waals surface area contributed by atoms with Crippen LogP contribution >= 0.6 is 0 Å². The number of benzene rings is 1. The Morgan fingerprint density at radius 1 is 1.06 bits per heavy atom. The number of aryl methyl sites for hydroxylation is 2. The Labute approximate surface area is 181 Å². The van der Waals surface area contributed by atoms with Crippen molar-refractivity contribution in [1.82, 2.24) is 20.4 Å². The van der Waals surface area contributed by atoms with Gasteiger partial charge in [-0.1, -0.05) is 38.1 Å². The minimum atomic E-state index is -4.31. The highest BCUT2D eigenvalue weighted by Gasteiger charge is 2.27. The molecule has 1 heterocycles. The van der Waals surface area contributed by atoms with Crippen molar-refractivity contribution in [3.63, 3.8) is 0 Å². The van der Waals surface area contributed by atoms with Crippen molar-refractivity contribution in [3.05, 3.63) is 52.3 Å². The van der Waals surface area contributed by atoms with Gasteiger partial charge in [-0.05, 0) is 30.9 Å². The molecule has 0 atom stereocenters. The van der Waals surface area contributed by atoms with Gasteiger partial charge in [0.05, 0.1) is 18.8 Å². The van der Waals surface area contributed by atoms with Gasteiger partial charge in [0.25, 0.3) is 0 Å². The normalized spacial score (nSPS) is 12.3. The fourth-order valence-electron chi connectivity index (χ4n) is 3.30. The zero-order valence-electron chi connectivity index (χ0n) is 18.6. The lowest BCUT2D eigenvalue weighted by Crippen LogP contribution is -2.37. The predicted molar refractivity (Wildman–Crippen MR) is 116 cm³/mol. The number of guanidine groups is 1. The van der Waals surface area contributed by atoms with Crippen LogP contribution in [0.4, 0.5) is 13.2 Å². The number of nitrogens with zero attached hydrogens (tertiary/aromatic N) is 3. The van der Waals surface area contributed by atoms with Crippen LogP contribution in [0, 0.1) is 0 Å². The smallest absolute Gasteiger partial charge is 0.367 e. The summed E-state index contributed by atoms with van der Waals surface area (Å²) in [7, 11) is 1.97. The lowest BCUT2D eigenvalue weighted by molar-refractivity contribution is -0.176. The number of alkyl halides is 3. The molecule has 0 fully saturated rings. The van der Waals surface area contributed by atoms with Crippen LogP contribution in [0.15, 0.2) is 29.3 Å². The van der Waals surface area contributed by atoms with E-state index in [1.54, 1.807) is 12.1 Å². The van der Waals surface area contributed by atoms with Crippen molar-refractivity contribution in [3.8, 4) is 0 Å². The summed E-state index contributed by atoms with van der Waals surface area (Å²) < 4.78 is 43.1. The Balaban J connectivity index is 1.97. The van der Waals surface area contributed by atoms with Crippen LogP contribution in [-0.2, 0) is 44.3 Å². The van der Waals surface area contributed by atoms with Gasteiger partial charge in [-0.2, -0.15) is 18.3 Å². The summed E-state index contributed by atoms with van der Waals surface area (Å²) in [5.74, 6) is 0.702. The van der Waals surface area contributed by atoms with E-state index in [1.165, 1.54) is 11.3 Å². The first kappa shape index (κ1) is 24.7. The van der Waals surface area contributed by atoms with Gasteiger partial charge >= 0.3 is 6.18 Å². The molecule has 0 aliphatic carbocycles. The fourth-order valence-corrected chi connectivity index (χ4v) is 3.30. The molecule has 172 valence electrons. The molecule has 0 amide bonds. The fraction of sp³-hybridized carbons (Fsp3) is 0.545. The van der Waals surface area contributed by atoms with E-state index in [-0.39, 0.29) is 6.61 Å². The molecule has 2 aromatic rings. The van der Waals surface area contributed by atoms with Crippen LogP contribution in [-0.4, -0.2) is 35.1 Å². The van der Waals surface area contributed by atoms with Crippen molar-refractivity contribution in [2.75, 3.05) is 13.2 Å². The zero-order chi connectivity index (χ0) is 22.9. The van der Waals surface area contributed by atoms with Gasteiger partial charge < -0.3 is 15.4 Å². The summed E-state index contributed by atoms with van der Waals surface area (Å²) in [5.41, 5.74) is 5.16. The summed E-state index contributed by atoms with van der Waals surface area (Å²) in [4.78, 5) is 4.63. The van der Waals surface area contributed by atoms with Crippen molar-refractivity contribution in [2.45, 2.75) is 59.5 Å². The molecular weight excluding hydrogens is 407 g/mol. The first-order valence-electron chi connectivity index (χ1n) is 10.5. The van der Waals surface area contributed by atoms with Crippen LogP contribution in [0.2, 0.25) is 0 Å². The molecule has 0 aliphatic rings. The number of halogens is 3. The zero-order valence-corrected chi connectivity index (χ0v) is 18.6. The van der Waals surface area contributed by atoms with Crippen molar-refractivity contribution < 1.29 is 17.9 Å². The monoisotopic (exact) mass is 439 g/mol. The second kappa shape index (κ2) is 11.7. The van der Waals surface area contributed by atoms with Gasteiger partial charge in [-0.15, -0.1) is 0 Å². The van der Waals surface area contributed by atoms with E-state index in [0.717, 1.165) is 30.6 Å². The Morgan fingerprint density at radius 3 is 2.32 bits per heavy atom. The van der Waals surface area contributed by atoms with Crippen molar-refractivity contribution in [1.29, 1.82) is 0 Å². The predicted octanol–water partition coefficient (Wildman–Crippen LogP) is 3.88. The van der Waals surface area contributed by atoms with E-state index >= 15 is 0 Å². The highest BCUT2D eigenvalue weighted by atomic mass is 19.4. The largest absolute Gasteiger partial charge is 0.411 e. The molecule has 1 aromatic heterocycles. The third-order valence-electron chi connectivity index (χ3n) is 4.78. The van der Waals surface area contributed by atoms with E-state index in [9.17, 15) is 13.2 Å². The molecule has 0 saturated carbocycles. The van der Waals surface area contributed by atoms with E-state index < -0.39 is 12.8 Å². The Morgan fingerprint density at radius 2 is 1.74 bits per heavy atom. The third-order valence-corrected chi connectivity index (χ3v) is 4.78. The molecular formula is C22H32F3N5O. The van der Waals surface area contributed by atoms with Crippen LogP contribution < -0.4 is 10.6 Å². The summed E-state index contributed by atoms with van der Waals surface area (Å²) in [5, 5.41) is 11.2. The average Bonchev–Trinajstić information content (AvgIpc) is 3.04. The van der Waals surface area contributed by atoms with Gasteiger partial charge in [0.15, 0.2) is 5.96 Å². The minimum absolute atomic E-state index is 0.0715. The van der Waals surface area contributed by atoms with Gasteiger partial charge in [0, 0.05) is 31.4 Å². The first-order valence-corrected chi connectivity index (χ1v) is 10.5. The molecule has 0 bridgehead atoms. The molecule has 31 heavy (non-hydrogen) atoms. The van der Waals surface area contributed by atoms with Gasteiger partial charge in [0.1, 0.15) is 6.61 Å². The Hall–Kier alpha value is -2.55. The number of aliphatic imine (C=N–C) groups is 1. The quantitative estimate of drug-likeness (QED) is 0.436. The standard InChI is InChI=1S/C22H32F3N5O/c1-5-19-18(20(6-2)30(4)29-19)13-28-21(26-7-3)27-12-16-8-10-17(11-9-16)14-31-15-22(23,24)25/h8-11H,5-7,12-15H2,1-4H3,(H2,26,27,28). The van der Waals surface area contributed by atoms with Gasteiger partial charge in [0.2, 0.25) is 0 Å². The van der Waals surface area contributed by atoms with Crippen LogP contribution in [0.3, 0.4) is 0 Å². The second-order valence-corrected chi connectivity index (χ2v) is 7.18. The number of aromatic nitrogens is 2. The molecule has 0 unspecified atom stereocenters. The number of hydrogen-bond acceptors (Lipinski definition) is 3. The number of nitrogens with one attached hydrogen (secondary N) is 2. The number of ether oxygens (including phenoxy) is 1. The third kappa shape index (κ3) is 7.90. The Kier molecular flexibility index (Phi) is 9.36. The van der Waals surface area contributed by atoms with E-state index in [0.29, 0.717) is 24.6 Å². The van der Waals surface area contributed by atoms with Crippen LogP contribution in [0.5, 0.6) is 0 Å². The number of hydrogen-bond donors (Lipinski definition) is 2. The molecule has 2 rings (SSSR count). The lowest BCUT2D eigenvalue weighted by atomic mass is 10.1. The molecule has 6 nitrogen and oxygen atoms in total. The molecule has 0 spiro atoms. The average molecular weight is 440 g/mol. The van der Waals surface area contributed by atoms with E-state index in [1.807, 2.05) is 30.8 Å². The second-order valence-electron chi connectivity index (χ2n) is 7.18. The topological polar surface area (TPSA) is 63.5 Å². The molecule has 0 aliphatic heterocycles. The first-order chi connectivity index (χ1) is 14.8. The summed E-state index contributed by atoms with van der Waals surface area (Å²) >= 11 is 0. The van der Waals surface area contributed by atoms with Crippen LogP contribution in [0.25, 0.3) is 0 Å². The van der Waals surface area contributed by atoms with Gasteiger partial charge in [-0.25, -0.2) is 4.99 Å². The van der Waals surface area contributed by atoms with Crippen LogP contribution in [0.1, 0.15) is 48.8 Å². The maximum absolute atomic E-state index is 12.2. The van der Waals surface area contributed by atoms with E-state index in [2.05, 4.69) is 39.3 Å². The molecule has 2 N–H and O–H groups in total. The summed E-state index contributed by atoms with van der Waals surface area (Å²) in [6, 6.07) is 7.23. The van der Waals surface area contributed by atoms with Gasteiger partial charge in [-0.3, -0.25) is 4.68 Å². The minimum Gasteiger partial charge on any atom is -0.367 e. The van der Waals surface area contributed by atoms with Crippen molar-refractivity contribution >= 4 is 5.96 Å². The van der Waals surface area contributed by atoms with Crippen molar-refractivity contribution in [2.24, 2.45) is 12.0 Å². The summed E-state index contributed by atoms with van der Waals surface area (Å²) in [6.45, 7) is 6.74. The lowest BCUT2D eigenvalue weighted by Gasteiger charge is -2.13. The highest BCUT2D eigenvalue weighted by Crippen LogP contribution is 2.16. The maximum atomic E-state index is 12.2. The van der Waals surface area contributed by atoms with E-state index in [4.69, 9.17) is 0 Å². The Bertz CT molecular complexity index is 844. The molecule has 9 heteroatoms. The summed E-state index contributed by atoms with van der Waals surface area (Å²) in [6.07, 6.45) is -2.53. The SMILES string of the molecule is CCNC(=NCc1ccc(COCC(F)(F)F)cc1)NCc1c(CC)nn(C)c1CC. The molecule has 0 radical (unpaired) electrons. The highest BCUT2D eigenvalue weighted by molar-refractivity contribution is 5.79. The molecule has 0 saturated heterocycles.